The van der Waals surface area contributed by atoms with Crippen molar-refractivity contribution in [1.82, 2.24) is 14.9 Å². The summed E-state index contributed by atoms with van der Waals surface area (Å²) in [5.41, 5.74) is 1.78. The van der Waals surface area contributed by atoms with E-state index in [1.807, 2.05) is 24.7 Å². The fourth-order valence-corrected chi connectivity index (χ4v) is 2.73. The van der Waals surface area contributed by atoms with Crippen molar-refractivity contribution >= 4 is 5.91 Å². The Kier molecular flexibility index (Phi) is 4.92. The Morgan fingerprint density at radius 3 is 3.22 bits per heavy atom. The molecular weight excluding hydrogens is 294 g/mol. The van der Waals surface area contributed by atoms with Crippen LogP contribution < -0.4 is 10.1 Å². The highest BCUT2D eigenvalue weighted by atomic mass is 16.5. The molecular formula is C17H21N3O3. The standard InChI is InChI=1S/C17H21N3O3/c1-22-7-8-23-16-4-2-3-13(9-16)17(21)19-14-5-6-20-12-18-11-15(20)10-14/h2-4,9,11-12,14H,5-8,10H2,1H3,(H,19,21). The molecule has 0 radical (unpaired) electrons. The lowest BCUT2D eigenvalue weighted by Crippen LogP contribution is -2.39. The average molecular weight is 315 g/mol. The molecule has 1 aliphatic rings. The van der Waals surface area contributed by atoms with Gasteiger partial charge in [-0.15, -0.1) is 0 Å². The van der Waals surface area contributed by atoms with Gasteiger partial charge in [0.1, 0.15) is 12.4 Å². The Hall–Kier alpha value is -2.34. The first-order valence-corrected chi connectivity index (χ1v) is 7.78. The van der Waals surface area contributed by atoms with Crippen LogP contribution in [-0.4, -0.2) is 41.8 Å². The third-order valence-electron chi connectivity index (χ3n) is 3.96. The summed E-state index contributed by atoms with van der Waals surface area (Å²) in [5, 5.41) is 3.10. The van der Waals surface area contributed by atoms with E-state index in [0.29, 0.717) is 24.5 Å². The number of amides is 1. The first kappa shape index (κ1) is 15.6. The van der Waals surface area contributed by atoms with Gasteiger partial charge in [0.2, 0.25) is 0 Å². The predicted octanol–water partition coefficient (Wildman–Crippen LogP) is 1.65. The number of benzene rings is 1. The van der Waals surface area contributed by atoms with E-state index < -0.39 is 0 Å². The van der Waals surface area contributed by atoms with E-state index in [-0.39, 0.29) is 11.9 Å². The molecule has 1 aromatic heterocycles. The number of hydrogen-bond donors (Lipinski definition) is 1. The third-order valence-corrected chi connectivity index (χ3v) is 3.96. The number of imidazole rings is 1. The zero-order valence-corrected chi connectivity index (χ0v) is 13.2. The molecule has 0 fully saturated rings. The van der Waals surface area contributed by atoms with Crippen molar-refractivity contribution < 1.29 is 14.3 Å². The maximum atomic E-state index is 12.4. The summed E-state index contributed by atoms with van der Waals surface area (Å²) in [6.45, 7) is 1.88. The smallest absolute Gasteiger partial charge is 0.251 e. The number of nitrogens with one attached hydrogen (secondary N) is 1. The van der Waals surface area contributed by atoms with Crippen LogP contribution in [-0.2, 0) is 17.7 Å². The minimum Gasteiger partial charge on any atom is -0.491 e. The van der Waals surface area contributed by atoms with Gasteiger partial charge < -0.3 is 19.4 Å². The number of carbonyl (C=O) groups excluding carboxylic acids is 1. The summed E-state index contributed by atoms with van der Waals surface area (Å²) in [6, 6.07) is 7.37. The summed E-state index contributed by atoms with van der Waals surface area (Å²) in [4.78, 5) is 16.6. The lowest BCUT2D eigenvalue weighted by Gasteiger charge is -2.24. The van der Waals surface area contributed by atoms with Crippen LogP contribution in [0.1, 0.15) is 22.5 Å². The predicted molar refractivity (Wildman–Crippen MR) is 85.6 cm³/mol. The minimum atomic E-state index is -0.0693. The normalized spacial score (nSPS) is 16.7. The summed E-state index contributed by atoms with van der Waals surface area (Å²) in [5.74, 6) is 0.608. The van der Waals surface area contributed by atoms with Crippen molar-refractivity contribution in [2.24, 2.45) is 0 Å². The molecule has 2 aromatic rings. The van der Waals surface area contributed by atoms with E-state index in [2.05, 4.69) is 14.9 Å². The number of aromatic nitrogens is 2. The van der Waals surface area contributed by atoms with Gasteiger partial charge in [0, 0.05) is 43.6 Å². The van der Waals surface area contributed by atoms with Gasteiger partial charge in [-0.2, -0.15) is 0 Å². The molecule has 0 saturated heterocycles. The molecule has 23 heavy (non-hydrogen) atoms. The zero-order valence-electron chi connectivity index (χ0n) is 13.2. The molecule has 1 atom stereocenters. The van der Waals surface area contributed by atoms with E-state index in [1.165, 1.54) is 0 Å². The van der Waals surface area contributed by atoms with E-state index in [4.69, 9.17) is 9.47 Å². The topological polar surface area (TPSA) is 65.4 Å². The second-order valence-electron chi connectivity index (χ2n) is 5.61. The highest BCUT2D eigenvalue weighted by Crippen LogP contribution is 2.16. The van der Waals surface area contributed by atoms with Crippen LogP contribution in [0.25, 0.3) is 0 Å². The molecule has 2 heterocycles. The second kappa shape index (κ2) is 7.28. The number of rotatable bonds is 6. The summed E-state index contributed by atoms with van der Waals surface area (Å²) < 4.78 is 12.6. The summed E-state index contributed by atoms with van der Waals surface area (Å²) >= 11 is 0. The van der Waals surface area contributed by atoms with Crippen molar-refractivity contribution in [2.45, 2.75) is 25.4 Å². The number of hydrogen-bond acceptors (Lipinski definition) is 4. The Labute approximate surface area is 135 Å². The van der Waals surface area contributed by atoms with Gasteiger partial charge in [0.25, 0.3) is 5.91 Å². The van der Waals surface area contributed by atoms with Crippen LogP contribution in [0, 0.1) is 0 Å². The van der Waals surface area contributed by atoms with Crippen molar-refractivity contribution in [3.8, 4) is 5.75 Å². The van der Waals surface area contributed by atoms with Gasteiger partial charge >= 0.3 is 0 Å². The molecule has 122 valence electrons. The molecule has 0 aliphatic carbocycles. The fraction of sp³-hybridized carbons (Fsp3) is 0.412. The third kappa shape index (κ3) is 3.90. The van der Waals surface area contributed by atoms with Gasteiger partial charge in [-0.3, -0.25) is 4.79 Å². The first-order chi connectivity index (χ1) is 11.3. The Morgan fingerprint density at radius 2 is 2.35 bits per heavy atom. The van der Waals surface area contributed by atoms with E-state index in [0.717, 1.165) is 25.1 Å². The van der Waals surface area contributed by atoms with Crippen LogP contribution in [0.5, 0.6) is 5.75 Å². The van der Waals surface area contributed by atoms with Crippen molar-refractivity contribution in [2.75, 3.05) is 20.3 Å². The molecule has 0 bridgehead atoms. The molecule has 1 amide bonds. The number of carbonyl (C=O) groups is 1. The number of ether oxygens (including phenoxy) is 2. The van der Waals surface area contributed by atoms with Crippen LogP contribution in [0.3, 0.4) is 0 Å². The van der Waals surface area contributed by atoms with Crippen LogP contribution in [0.2, 0.25) is 0 Å². The maximum Gasteiger partial charge on any atom is 0.251 e. The highest BCUT2D eigenvalue weighted by molar-refractivity contribution is 5.94. The molecule has 1 aromatic carbocycles. The van der Waals surface area contributed by atoms with Gasteiger partial charge in [0.15, 0.2) is 0 Å². The van der Waals surface area contributed by atoms with Crippen LogP contribution >= 0.6 is 0 Å². The number of fused-ring (bicyclic) bond motifs is 1. The minimum absolute atomic E-state index is 0.0693. The van der Waals surface area contributed by atoms with Gasteiger partial charge in [0.05, 0.1) is 12.9 Å². The quantitative estimate of drug-likeness (QED) is 0.823. The molecule has 1 N–H and O–H groups in total. The Bertz CT molecular complexity index is 669. The average Bonchev–Trinajstić information content (AvgIpc) is 3.03. The van der Waals surface area contributed by atoms with Gasteiger partial charge in [-0.05, 0) is 24.6 Å². The largest absolute Gasteiger partial charge is 0.491 e. The molecule has 6 nitrogen and oxygen atoms in total. The van der Waals surface area contributed by atoms with E-state index >= 15 is 0 Å². The van der Waals surface area contributed by atoms with Crippen molar-refractivity contribution in [1.29, 1.82) is 0 Å². The van der Waals surface area contributed by atoms with E-state index in [9.17, 15) is 4.79 Å². The second-order valence-corrected chi connectivity index (χ2v) is 5.61. The van der Waals surface area contributed by atoms with Crippen molar-refractivity contribution in [3.05, 3.63) is 48.0 Å². The van der Waals surface area contributed by atoms with Crippen LogP contribution in [0.15, 0.2) is 36.8 Å². The Morgan fingerprint density at radius 1 is 1.43 bits per heavy atom. The van der Waals surface area contributed by atoms with Gasteiger partial charge in [-0.25, -0.2) is 4.98 Å². The molecule has 6 heteroatoms. The van der Waals surface area contributed by atoms with Crippen LogP contribution in [0.4, 0.5) is 0 Å². The highest BCUT2D eigenvalue weighted by Gasteiger charge is 2.20. The van der Waals surface area contributed by atoms with Gasteiger partial charge in [-0.1, -0.05) is 6.07 Å². The molecule has 1 unspecified atom stereocenters. The summed E-state index contributed by atoms with van der Waals surface area (Å²) in [7, 11) is 1.63. The SMILES string of the molecule is COCCOc1cccc(C(=O)NC2CCn3cncc3C2)c1. The molecule has 0 spiro atoms. The first-order valence-electron chi connectivity index (χ1n) is 7.78. The maximum absolute atomic E-state index is 12.4. The monoisotopic (exact) mass is 315 g/mol. The molecule has 1 aliphatic heterocycles. The zero-order chi connectivity index (χ0) is 16.1. The summed E-state index contributed by atoms with van der Waals surface area (Å²) in [6.07, 6.45) is 5.44. The molecule has 0 saturated carbocycles. The number of methoxy groups -OCH3 is 1. The Balaban J connectivity index is 1.59. The molecule has 3 rings (SSSR count). The van der Waals surface area contributed by atoms with E-state index in [1.54, 1.807) is 19.2 Å². The fourth-order valence-electron chi connectivity index (χ4n) is 2.73. The van der Waals surface area contributed by atoms with Crippen molar-refractivity contribution in [3.63, 3.8) is 0 Å². The lowest BCUT2D eigenvalue weighted by molar-refractivity contribution is 0.0930. The number of nitrogens with zero attached hydrogens (tertiary/aromatic N) is 2. The lowest BCUT2D eigenvalue weighted by atomic mass is 10.0. The number of aryl methyl sites for hydroxylation is 1.